The molecule has 3 N–H and O–H groups in total. The SMILES string of the molecule is COc1ccc2c(NC3C[C@H]4CC[C@@H](C3)N4CC(C)C)nc(Nc3cc(C)[nH]n3)cc2n1. The van der Waals surface area contributed by atoms with Gasteiger partial charge in [-0.15, -0.1) is 0 Å². The van der Waals surface area contributed by atoms with E-state index < -0.39 is 0 Å². The molecule has 0 saturated carbocycles. The summed E-state index contributed by atoms with van der Waals surface area (Å²) in [5, 5.41) is 15.3. The lowest BCUT2D eigenvalue weighted by Crippen LogP contribution is -2.48. The molecular weight excluding hydrogens is 402 g/mol. The van der Waals surface area contributed by atoms with Gasteiger partial charge in [0.2, 0.25) is 5.88 Å². The number of H-pyrrole nitrogens is 1. The van der Waals surface area contributed by atoms with Crippen LogP contribution in [0.2, 0.25) is 0 Å². The van der Waals surface area contributed by atoms with Crippen LogP contribution in [0.25, 0.3) is 10.9 Å². The van der Waals surface area contributed by atoms with Gasteiger partial charge in [-0.1, -0.05) is 13.8 Å². The van der Waals surface area contributed by atoms with Crippen molar-refractivity contribution in [2.75, 3.05) is 24.3 Å². The summed E-state index contributed by atoms with van der Waals surface area (Å²) < 4.78 is 5.36. The van der Waals surface area contributed by atoms with Gasteiger partial charge < -0.3 is 15.4 Å². The molecule has 170 valence electrons. The number of aromatic amines is 1. The molecule has 2 aliphatic heterocycles. The van der Waals surface area contributed by atoms with Crippen molar-refractivity contribution in [3.8, 4) is 5.88 Å². The van der Waals surface area contributed by atoms with Gasteiger partial charge in [0.25, 0.3) is 0 Å². The minimum atomic E-state index is 0.414. The quantitative estimate of drug-likeness (QED) is 0.504. The van der Waals surface area contributed by atoms with Crippen molar-refractivity contribution >= 4 is 28.4 Å². The number of rotatable bonds is 7. The summed E-state index contributed by atoms with van der Waals surface area (Å²) in [6, 6.07) is 9.60. The van der Waals surface area contributed by atoms with Crippen LogP contribution >= 0.6 is 0 Å². The number of ether oxygens (including phenoxy) is 1. The first-order chi connectivity index (χ1) is 15.5. The molecule has 1 unspecified atom stereocenters. The summed E-state index contributed by atoms with van der Waals surface area (Å²) in [5.74, 6) is 3.63. The van der Waals surface area contributed by atoms with E-state index in [9.17, 15) is 0 Å². The molecular formula is C24H33N7O. The van der Waals surface area contributed by atoms with Crippen LogP contribution in [0.15, 0.2) is 24.3 Å². The van der Waals surface area contributed by atoms with E-state index in [-0.39, 0.29) is 0 Å². The number of nitrogens with one attached hydrogen (secondary N) is 3. The normalized spacial score (nSPS) is 23.1. The number of pyridine rings is 2. The van der Waals surface area contributed by atoms with Crippen LogP contribution < -0.4 is 15.4 Å². The van der Waals surface area contributed by atoms with Gasteiger partial charge in [-0.25, -0.2) is 9.97 Å². The zero-order valence-electron chi connectivity index (χ0n) is 19.4. The Hall–Kier alpha value is -2.87. The molecule has 0 amide bonds. The highest BCUT2D eigenvalue weighted by molar-refractivity contribution is 5.92. The number of methoxy groups -OCH3 is 1. The highest BCUT2D eigenvalue weighted by Crippen LogP contribution is 2.38. The average Bonchev–Trinajstić information content (AvgIpc) is 3.25. The molecule has 0 radical (unpaired) electrons. The lowest BCUT2D eigenvalue weighted by atomic mass is 9.96. The van der Waals surface area contributed by atoms with Crippen LogP contribution in [0, 0.1) is 12.8 Å². The van der Waals surface area contributed by atoms with Gasteiger partial charge in [0, 0.05) is 53.9 Å². The third kappa shape index (κ3) is 4.24. The Kier molecular flexibility index (Phi) is 5.63. The van der Waals surface area contributed by atoms with Crippen LogP contribution in [0.1, 0.15) is 45.2 Å². The van der Waals surface area contributed by atoms with E-state index >= 15 is 0 Å². The number of aryl methyl sites for hydroxylation is 1. The summed E-state index contributed by atoms with van der Waals surface area (Å²) in [6.45, 7) is 7.82. The molecule has 8 heteroatoms. The number of anilines is 3. The van der Waals surface area contributed by atoms with E-state index in [0.29, 0.717) is 35.7 Å². The molecule has 3 aromatic heterocycles. The van der Waals surface area contributed by atoms with Gasteiger partial charge in [0.15, 0.2) is 5.82 Å². The molecule has 0 aromatic carbocycles. The third-order valence-electron chi connectivity index (χ3n) is 6.63. The summed E-state index contributed by atoms with van der Waals surface area (Å²) in [6.07, 6.45) is 4.93. The average molecular weight is 436 g/mol. The second-order valence-electron chi connectivity index (χ2n) is 9.63. The monoisotopic (exact) mass is 435 g/mol. The summed E-state index contributed by atoms with van der Waals surface area (Å²) >= 11 is 0. The maximum Gasteiger partial charge on any atom is 0.213 e. The zero-order chi connectivity index (χ0) is 22.2. The fourth-order valence-corrected chi connectivity index (χ4v) is 5.32. The Bertz CT molecular complexity index is 1080. The Morgan fingerprint density at radius 2 is 1.91 bits per heavy atom. The van der Waals surface area contributed by atoms with Crippen molar-refractivity contribution in [1.82, 2.24) is 25.1 Å². The molecule has 0 spiro atoms. The zero-order valence-corrected chi connectivity index (χ0v) is 19.4. The highest BCUT2D eigenvalue weighted by Gasteiger charge is 2.40. The van der Waals surface area contributed by atoms with E-state index in [4.69, 9.17) is 9.72 Å². The van der Waals surface area contributed by atoms with Crippen LogP contribution in [0.3, 0.4) is 0 Å². The predicted molar refractivity (Wildman–Crippen MR) is 128 cm³/mol. The van der Waals surface area contributed by atoms with Gasteiger partial charge in [0.1, 0.15) is 11.6 Å². The Balaban J connectivity index is 1.42. The molecule has 0 aliphatic carbocycles. The maximum atomic E-state index is 5.36. The summed E-state index contributed by atoms with van der Waals surface area (Å²) in [4.78, 5) is 12.3. The number of hydrogen-bond donors (Lipinski definition) is 3. The molecule has 2 saturated heterocycles. The van der Waals surface area contributed by atoms with Crippen LogP contribution in [-0.4, -0.2) is 56.8 Å². The Morgan fingerprint density at radius 3 is 2.56 bits per heavy atom. The number of nitrogens with zero attached hydrogens (tertiary/aromatic N) is 4. The van der Waals surface area contributed by atoms with Crippen molar-refractivity contribution in [3.05, 3.63) is 30.0 Å². The fourth-order valence-electron chi connectivity index (χ4n) is 5.32. The predicted octanol–water partition coefficient (Wildman–Crippen LogP) is 4.48. The number of fused-ring (bicyclic) bond motifs is 3. The number of hydrogen-bond acceptors (Lipinski definition) is 7. The Morgan fingerprint density at radius 1 is 1.12 bits per heavy atom. The molecule has 3 atom stereocenters. The third-order valence-corrected chi connectivity index (χ3v) is 6.63. The van der Waals surface area contributed by atoms with Crippen molar-refractivity contribution in [1.29, 1.82) is 0 Å². The molecule has 5 heterocycles. The highest BCUT2D eigenvalue weighted by atomic mass is 16.5. The van der Waals surface area contributed by atoms with Crippen molar-refractivity contribution in [2.45, 2.75) is 64.6 Å². The van der Waals surface area contributed by atoms with Crippen molar-refractivity contribution < 1.29 is 4.74 Å². The van der Waals surface area contributed by atoms with Gasteiger partial charge in [0.05, 0.1) is 12.6 Å². The van der Waals surface area contributed by atoms with E-state index in [2.05, 4.69) is 44.6 Å². The molecule has 8 nitrogen and oxygen atoms in total. The van der Waals surface area contributed by atoms with Crippen molar-refractivity contribution in [3.63, 3.8) is 0 Å². The second-order valence-corrected chi connectivity index (χ2v) is 9.63. The topological polar surface area (TPSA) is 91.0 Å². The molecule has 3 aromatic rings. The fraction of sp³-hybridized carbons (Fsp3) is 0.542. The lowest BCUT2D eigenvalue weighted by molar-refractivity contribution is 0.117. The molecule has 2 bridgehead atoms. The maximum absolute atomic E-state index is 5.36. The minimum absolute atomic E-state index is 0.414. The van der Waals surface area contributed by atoms with E-state index in [1.807, 2.05) is 31.2 Å². The second kappa shape index (κ2) is 8.58. The molecule has 2 aliphatic rings. The van der Waals surface area contributed by atoms with E-state index in [1.54, 1.807) is 7.11 Å². The smallest absolute Gasteiger partial charge is 0.213 e. The summed E-state index contributed by atoms with van der Waals surface area (Å²) in [7, 11) is 1.64. The first-order valence-corrected chi connectivity index (χ1v) is 11.7. The largest absolute Gasteiger partial charge is 0.481 e. The summed E-state index contributed by atoms with van der Waals surface area (Å²) in [5.41, 5.74) is 1.84. The minimum Gasteiger partial charge on any atom is -0.481 e. The van der Waals surface area contributed by atoms with E-state index in [1.165, 1.54) is 19.4 Å². The molecule has 32 heavy (non-hydrogen) atoms. The molecule has 5 rings (SSSR count). The van der Waals surface area contributed by atoms with Crippen LogP contribution in [0.4, 0.5) is 17.5 Å². The van der Waals surface area contributed by atoms with Crippen LogP contribution in [0.5, 0.6) is 5.88 Å². The first-order valence-electron chi connectivity index (χ1n) is 11.7. The van der Waals surface area contributed by atoms with Crippen molar-refractivity contribution in [2.24, 2.45) is 5.92 Å². The molecule has 2 fully saturated rings. The Labute approximate surface area is 189 Å². The first kappa shape index (κ1) is 21.0. The van der Waals surface area contributed by atoms with Gasteiger partial charge in [-0.2, -0.15) is 5.10 Å². The standard InChI is InChI=1S/C24H33N7O/c1-14(2)13-31-17-5-6-18(31)11-16(10-17)25-24-19-7-8-23(32-4)26-20(19)12-21(28-24)27-22-9-15(3)29-30-22/h7-9,12,14,16-18H,5-6,10-11,13H2,1-4H3,(H3,25,27,28,29,30)/t16?,17-,18+. The van der Waals surface area contributed by atoms with Gasteiger partial charge in [-0.05, 0) is 44.6 Å². The number of aromatic nitrogens is 4. The lowest BCUT2D eigenvalue weighted by Gasteiger charge is -2.40. The number of piperidine rings is 1. The van der Waals surface area contributed by atoms with E-state index in [0.717, 1.165) is 41.1 Å². The van der Waals surface area contributed by atoms with Crippen LogP contribution in [-0.2, 0) is 0 Å². The van der Waals surface area contributed by atoms with Gasteiger partial charge in [-0.3, -0.25) is 10.00 Å². The van der Waals surface area contributed by atoms with Gasteiger partial charge >= 0.3 is 0 Å².